The number of carbonyl (C=O) groups is 2. The summed E-state index contributed by atoms with van der Waals surface area (Å²) in [7, 11) is 0. The fourth-order valence-electron chi connectivity index (χ4n) is 2.03. The Kier molecular flexibility index (Phi) is 5.14. The molecule has 0 fully saturated rings. The molecular weight excluding hydrogens is 278 g/mol. The Morgan fingerprint density at radius 1 is 1.09 bits per heavy atom. The third kappa shape index (κ3) is 4.34. The molecule has 0 spiro atoms. The first kappa shape index (κ1) is 15.6. The minimum absolute atomic E-state index is 0.141. The zero-order valence-electron chi connectivity index (χ0n) is 12.4. The van der Waals surface area contributed by atoms with Crippen LogP contribution in [0.5, 0.6) is 0 Å². The Labute approximate surface area is 129 Å². The number of rotatable bonds is 5. The summed E-state index contributed by atoms with van der Waals surface area (Å²) in [5.74, 6) is -0.296. The van der Waals surface area contributed by atoms with Crippen molar-refractivity contribution in [2.75, 3.05) is 17.6 Å². The largest absolute Gasteiger partial charge is 0.399 e. The summed E-state index contributed by atoms with van der Waals surface area (Å²) in [6, 6.07) is 14.0. The van der Waals surface area contributed by atoms with Crippen LogP contribution in [0.25, 0.3) is 0 Å². The maximum atomic E-state index is 12.0. The van der Waals surface area contributed by atoms with E-state index in [4.69, 9.17) is 5.73 Å². The zero-order chi connectivity index (χ0) is 15.9. The number of nitrogens with two attached hydrogens (primary N) is 1. The monoisotopic (exact) mass is 297 g/mol. The van der Waals surface area contributed by atoms with Crippen LogP contribution >= 0.6 is 0 Å². The molecule has 0 heterocycles. The zero-order valence-corrected chi connectivity index (χ0v) is 12.4. The van der Waals surface area contributed by atoms with Crippen molar-refractivity contribution in [1.29, 1.82) is 0 Å². The highest BCUT2D eigenvalue weighted by Gasteiger charge is 2.07. The number of amides is 2. The number of nitrogens with one attached hydrogen (secondary N) is 2. The molecule has 0 atom stereocenters. The summed E-state index contributed by atoms with van der Waals surface area (Å²) >= 11 is 0. The molecule has 0 radical (unpaired) electrons. The Morgan fingerprint density at radius 2 is 1.82 bits per heavy atom. The number of benzene rings is 2. The summed E-state index contributed by atoms with van der Waals surface area (Å²) in [5, 5.41) is 5.52. The second kappa shape index (κ2) is 7.26. The van der Waals surface area contributed by atoms with Gasteiger partial charge in [-0.25, -0.2) is 0 Å². The van der Waals surface area contributed by atoms with Gasteiger partial charge in [0.15, 0.2) is 0 Å². The predicted molar refractivity (Wildman–Crippen MR) is 87.6 cm³/mol. The molecule has 0 saturated heterocycles. The molecule has 22 heavy (non-hydrogen) atoms. The molecule has 2 rings (SSSR count). The van der Waals surface area contributed by atoms with Crippen molar-refractivity contribution in [3.63, 3.8) is 0 Å². The van der Waals surface area contributed by atoms with Crippen LogP contribution in [0.4, 0.5) is 11.4 Å². The normalized spacial score (nSPS) is 10.0. The second-order valence-corrected chi connectivity index (χ2v) is 4.91. The van der Waals surface area contributed by atoms with E-state index >= 15 is 0 Å². The quantitative estimate of drug-likeness (QED) is 0.740. The fourth-order valence-corrected chi connectivity index (χ4v) is 2.03. The molecular formula is C17H19N3O2. The standard InChI is InChI=1S/C17H19N3O2/c1-2-19-17(22)13-4-3-5-15(11-13)20-16(21)10-12-6-8-14(18)9-7-12/h3-9,11H,2,10,18H2,1H3,(H,19,22)(H,20,21). The molecule has 0 aliphatic rings. The first-order valence-corrected chi connectivity index (χ1v) is 7.11. The van der Waals surface area contributed by atoms with Crippen LogP contribution < -0.4 is 16.4 Å². The number of hydrogen-bond donors (Lipinski definition) is 3. The average Bonchev–Trinajstić information content (AvgIpc) is 2.50. The van der Waals surface area contributed by atoms with Crippen LogP contribution in [0.2, 0.25) is 0 Å². The lowest BCUT2D eigenvalue weighted by atomic mass is 10.1. The highest BCUT2D eigenvalue weighted by molar-refractivity contribution is 5.97. The van der Waals surface area contributed by atoms with Crippen molar-refractivity contribution in [3.05, 3.63) is 59.7 Å². The highest BCUT2D eigenvalue weighted by Crippen LogP contribution is 2.12. The van der Waals surface area contributed by atoms with Gasteiger partial charge in [0.25, 0.3) is 5.91 Å². The molecule has 114 valence electrons. The second-order valence-electron chi connectivity index (χ2n) is 4.91. The van der Waals surface area contributed by atoms with Crippen LogP contribution in [0.15, 0.2) is 48.5 Å². The van der Waals surface area contributed by atoms with Gasteiger partial charge in [0, 0.05) is 23.5 Å². The van der Waals surface area contributed by atoms with Gasteiger partial charge in [0.05, 0.1) is 6.42 Å². The maximum Gasteiger partial charge on any atom is 0.251 e. The lowest BCUT2D eigenvalue weighted by molar-refractivity contribution is -0.115. The molecule has 2 aromatic rings. The lowest BCUT2D eigenvalue weighted by Gasteiger charge is -2.08. The topological polar surface area (TPSA) is 84.2 Å². The van der Waals surface area contributed by atoms with E-state index in [1.807, 2.05) is 19.1 Å². The maximum absolute atomic E-state index is 12.0. The van der Waals surface area contributed by atoms with Gasteiger partial charge in [-0.05, 0) is 42.8 Å². The lowest BCUT2D eigenvalue weighted by Crippen LogP contribution is -2.23. The molecule has 0 saturated carbocycles. The van der Waals surface area contributed by atoms with Gasteiger partial charge in [-0.3, -0.25) is 9.59 Å². The molecule has 0 aliphatic carbocycles. The van der Waals surface area contributed by atoms with E-state index in [-0.39, 0.29) is 18.2 Å². The van der Waals surface area contributed by atoms with Crippen LogP contribution in [-0.2, 0) is 11.2 Å². The summed E-state index contributed by atoms with van der Waals surface area (Å²) < 4.78 is 0. The van der Waals surface area contributed by atoms with E-state index in [0.29, 0.717) is 23.5 Å². The van der Waals surface area contributed by atoms with E-state index < -0.39 is 0 Å². The number of anilines is 2. The molecule has 0 aliphatic heterocycles. The Morgan fingerprint density at radius 3 is 2.50 bits per heavy atom. The minimum atomic E-state index is -0.155. The average molecular weight is 297 g/mol. The number of carbonyl (C=O) groups excluding carboxylic acids is 2. The number of nitrogen functional groups attached to an aromatic ring is 1. The van der Waals surface area contributed by atoms with Crippen molar-refractivity contribution >= 4 is 23.2 Å². The van der Waals surface area contributed by atoms with Crippen LogP contribution in [0, 0.1) is 0 Å². The Hall–Kier alpha value is -2.82. The van der Waals surface area contributed by atoms with Gasteiger partial charge in [-0.15, -0.1) is 0 Å². The summed E-state index contributed by atoms with van der Waals surface area (Å²) in [4.78, 5) is 23.8. The molecule has 5 heteroatoms. The van der Waals surface area contributed by atoms with E-state index in [1.165, 1.54) is 0 Å². The van der Waals surface area contributed by atoms with Crippen molar-refractivity contribution in [3.8, 4) is 0 Å². The predicted octanol–water partition coefficient (Wildman–Crippen LogP) is 2.20. The van der Waals surface area contributed by atoms with Crippen molar-refractivity contribution in [2.45, 2.75) is 13.3 Å². The summed E-state index contributed by atoms with van der Waals surface area (Å²) in [6.45, 7) is 2.42. The van der Waals surface area contributed by atoms with Crippen LogP contribution in [-0.4, -0.2) is 18.4 Å². The minimum Gasteiger partial charge on any atom is -0.399 e. The van der Waals surface area contributed by atoms with E-state index in [2.05, 4.69) is 10.6 Å². The molecule has 0 aromatic heterocycles. The van der Waals surface area contributed by atoms with Gasteiger partial charge in [-0.2, -0.15) is 0 Å². The van der Waals surface area contributed by atoms with Gasteiger partial charge in [0.2, 0.25) is 5.91 Å². The van der Waals surface area contributed by atoms with E-state index in [1.54, 1.807) is 36.4 Å². The van der Waals surface area contributed by atoms with Gasteiger partial charge in [0.1, 0.15) is 0 Å². The van der Waals surface area contributed by atoms with Crippen molar-refractivity contribution < 1.29 is 9.59 Å². The fraction of sp³-hybridized carbons (Fsp3) is 0.176. The highest BCUT2D eigenvalue weighted by atomic mass is 16.2. The molecule has 5 nitrogen and oxygen atoms in total. The van der Waals surface area contributed by atoms with E-state index in [0.717, 1.165) is 5.56 Å². The van der Waals surface area contributed by atoms with Crippen LogP contribution in [0.3, 0.4) is 0 Å². The van der Waals surface area contributed by atoms with E-state index in [9.17, 15) is 9.59 Å². The van der Waals surface area contributed by atoms with Gasteiger partial charge < -0.3 is 16.4 Å². The third-order valence-electron chi connectivity index (χ3n) is 3.09. The number of hydrogen-bond acceptors (Lipinski definition) is 3. The Bertz CT molecular complexity index is 666. The molecule has 2 aromatic carbocycles. The molecule has 0 unspecified atom stereocenters. The summed E-state index contributed by atoms with van der Waals surface area (Å²) in [6.07, 6.45) is 0.256. The smallest absolute Gasteiger partial charge is 0.251 e. The van der Waals surface area contributed by atoms with Crippen molar-refractivity contribution in [1.82, 2.24) is 5.32 Å². The molecule has 0 bridgehead atoms. The SMILES string of the molecule is CCNC(=O)c1cccc(NC(=O)Cc2ccc(N)cc2)c1. The molecule has 4 N–H and O–H groups in total. The Balaban J connectivity index is 2.00. The van der Waals surface area contributed by atoms with Crippen molar-refractivity contribution in [2.24, 2.45) is 0 Å². The van der Waals surface area contributed by atoms with Gasteiger partial charge in [-0.1, -0.05) is 18.2 Å². The third-order valence-corrected chi connectivity index (χ3v) is 3.09. The summed E-state index contributed by atoms with van der Waals surface area (Å²) in [5.41, 5.74) is 8.28. The van der Waals surface area contributed by atoms with Gasteiger partial charge >= 0.3 is 0 Å². The van der Waals surface area contributed by atoms with Crippen LogP contribution in [0.1, 0.15) is 22.8 Å². The first-order valence-electron chi connectivity index (χ1n) is 7.11. The first-order chi connectivity index (χ1) is 10.6. The molecule has 2 amide bonds.